The number of aromatic nitrogens is 1. The van der Waals surface area contributed by atoms with E-state index in [0.717, 1.165) is 12.8 Å². The van der Waals surface area contributed by atoms with Crippen LogP contribution in [0.3, 0.4) is 0 Å². The molecule has 1 aromatic heterocycles. The smallest absolute Gasteiger partial charge is 0.272 e. The zero-order valence-corrected chi connectivity index (χ0v) is 14.1. The van der Waals surface area contributed by atoms with Crippen molar-refractivity contribution in [3.63, 3.8) is 0 Å². The SMILES string of the molecule is O=C(c1cccc(CO)n1)N1CCC2(CC1)c1ccccc1C[C@@H]2O. The molecule has 1 aliphatic heterocycles. The third-order valence-corrected chi connectivity index (χ3v) is 5.74. The molecule has 25 heavy (non-hydrogen) atoms. The molecule has 0 unspecified atom stereocenters. The first-order valence-corrected chi connectivity index (χ1v) is 8.76. The van der Waals surface area contributed by atoms with Gasteiger partial charge in [-0.05, 0) is 42.5 Å². The van der Waals surface area contributed by atoms with Crippen molar-refractivity contribution >= 4 is 5.91 Å². The minimum absolute atomic E-state index is 0.106. The molecule has 2 aromatic rings. The first kappa shape index (κ1) is 16.2. The summed E-state index contributed by atoms with van der Waals surface area (Å²) in [6.07, 6.45) is 1.84. The molecule has 0 radical (unpaired) electrons. The number of fused-ring (bicyclic) bond motifs is 2. The van der Waals surface area contributed by atoms with E-state index >= 15 is 0 Å². The Morgan fingerprint density at radius 1 is 1.16 bits per heavy atom. The first-order chi connectivity index (χ1) is 12.1. The van der Waals surface area contributed by atoms with Crippen LogP contribution in [-0.2, 0) is 18.4 Å². The number of carbonyl (C=O) groups excluding carboxylic acids is 1. The molecule has 1 aliphatic carbocycles. The lowest BCUT2D eigenvalue weighted by Gasteiger charge is -2.42. The van der Waals surface area contributed by atoms with Gasteiger partial charge in [0.1, 0.15) is 5.69 Å². The number of carbonyl (C=O) groups is 1. The number of piperidine rings is 1. The minimum Gasteiger partial charge on any atom is -0.392 e. The standard InChI is InChI=1S/C20H22N2O3/c23-13-15-5-3-7-17(21-15)19(25)22-10-8-20(9-11-22)16-6-2-1-4-14(16)12-18(20)24/h1-7,18,23-24H,8-13H2/t18-/m0/s1. The largest absolute Gasteiger partial charge is 0.392 e. The molecule has 2 aliphatic rings. The highest BCUT2D eigenvalue weighted by atomic mass is 16.3. The number of nitrogens with zero attached hydrogens (tertiary/aromatic N) is 2. The van der Waals surface area contributed by atoms with E-state index in [-0.39, 0.29) is 24.0 Å². The van der Waals surface area contributed by atoms with Gasteiger partial charge in [-0.15, -0.1) is 0 Å². The fourth-order valence-electron chi connectivity index (χ4n) is 4.33. The minimum atomic E-state index is -0.377. The van der Waals surface area contributed by atoms with Gasteiger partial charge in [-0.3, -0.25) is 4.79 Å². The van der Waals surface area contributed by atoms with Gasteiger partial charge >= 0.3 is 0 Å². The van der Waals surface area contributed by atoms with Crippen molar-refractivity contribution in [1.29, 1.82) is 0 Å². The van der Waals surface area contributed by atoms with Gasteiger partial charge in [0.15, 0.2) is 0 Å². The normalized spacial score (nSPS) is 21.4. The van der Waals surface area contributed by atoms with Gasteiger partial charge in [0.2, 0.25) is 0 Å². The van der Waals surface area contributed by atoms with Crippen LogP contribution in [-0.4, -0.2) is 45.2 Å². The molecule has 1 atom stereocenters. The van der Waals surface area contributed by atoms with E-state index in [1.807, 2.05) is 17.0 Å². The highest BCUT2D eigenvalue weighted by Crippen LogP contribution is 2.46. The summed E-state index contributed by atoms with van der Waals surface area (Å²) in [4.78, 5) is 18.7. The average molecular weight is 338 g/mol. The van der Waals surface area contributed by atoms with E-state index in [1.165, 1.54) is 11.1 Å². The zero-order chi connectivity index (χ0) is 17.4. The second kappa shape index (κ2) is 6.24. The van der Waals surface area contributed by atoms with E-state index in [2.05, 4.69) is 17.1 Å². The number of benzene rings is 1. The van der Waals surface area contributed by atoms with Gasteiger partial charge in [-0.25, -0.2) is 4.98 Å². The van der Waals surface area contributed by atoms with Gasteiger partial charge in [-0.1, -0.05) is 30.3 Å². The fraction of sp³-hybridized carbons (Fsp3) is 0.400. The third kappa shape index (κ3) is 2.64. The van der Waals surface area contributed by atoms with Crippen LogP contribution in [0.1, 0.15) is 40.2 Å². The van der Waals surface area contributed by atoms with E-state index in [9.17, 15) is 15.0 Å². The molecule has 2 heterocycles. The van der Waals surface area contributed by atoms with Crippen molar-refractivity contribution in [2.24, 2.45) is 0 Å². The number of aliphatic hydroxyl groups is 2. The van der Waals surface area contributed by atoms with E-state index in [4.69, 9.17) is 0 Å². The van der Waals surface area contributed by atoms with Gasteiger partial charge in [0, 0.05) is 18.5 Å². The predicted molar refractivity (Wildman–Crippen MR) is 93.1 cm³/mol. The average Bonchev–Trinajstić information content (AvgIpc) is 2.93. The summed E-state index contributed by atoms with van der Waals surface area (Å²) in [5.41, 5.74) is 3.12. The number of amides is 1. The van der Waals surface area contributed by atoms with Crippen molar-refractivity contribution in [3.05, 3.63) is 65.0 Å². The van der Waals surface area contributed by atoms with E-state index < -0.39 is 0 Å². The molecule has 1 aromatic carbocycles. The van der Waals surface area contributed by atoms with Gasteiger partial charge in [-0.2, -0.15) is 0 Å². The third-order valence-electron chi connectivity index (χ3n) is 5.74. The number of hydrogen-bond donors (Lipinski definition) is 2. The molecule has 1 saturated heterocycles. The van der Waals surface area contributed by atoms with Crippen LogP contribution in [0, 0.1) is 0 Å². The van der Waals surface area contributed by atoms with Crippen LogP contribution in [0.25, 0.3) is 0 Å². The van der Waals surface area contributed by atoms with Crippen LogP contribution in [0.2, 0.25) is 0 Å². The maximum absolute atomic E-state index is 12.7. The van der Waals surface area contributed by atoms with Crippen LogP contribution < -0.4 is 0 Å². The Bertz CT molecular complexity index is 797. The summed E-state index contributed by atoms with van der Waals surface area (Å²) in [5.74, 6) is -0.106. The van der Waals surface area contributed by atoms with Gasteiger partial charge in [0.05, 0.1) is 18.4 Å². The summed E-state index contributed by atoms with van der Waals surface area (Å²) in [5, 5.41) is 19.9. The molecule has 5 nitrogen and oxygen atoms in total. The summed E-state index contributed by atoms with van der Waals surface area (Å²) in [7, 11) is 0. The zero-order valence-electron chi connectivity index (χ0n) is 14.1. The lowest BCUT2D eigenvalue weighted by Crippen LogP contribution is -2.49. The van der Waals surface area contributed by atoms with Gasteiger partial charge in [0.25, 0.3) is 5.91 Å². The fourth-order valence-corrected chi connectivity index (χ4v) is 4.33. The summed E-state index contributed by atoms with van der Waals surface area (Å²) in [6, 6.07) is 13.4. The van der Waals surface area contributed by atoms with Crippen molar-refractivity contribution in [3.8, 4) is 0 Å². The summed E-state index contributed by atoms with van der Waals surface area (Å²) < 4.78 is 0. The Labute approximate surface area is 146 Å². The predicted octanol–water partition coefficient (Wildman–Crippen LogP) is 1.66. The lowest BCUT2D eigenvalue weighted by molar-refractivity contribution is 0.0362. The molecule has 0 saturated carbocycles. The number of pyridine rings is 1. The second-order valence-electron chi connectivity index (χ2n) is 7.00. The Morgan fingerprint density at radius 3 is 2.68 bits per heavy atom. The maximum atomic E-state index is 12.7. The van der Waals surface area contributed by atoms with Crippen LogP contribution in [0.4, 0.5) is 0 Å². The van der Waals surface area contributed by atoms with E-state index in [0.29, 0.717) is 30.9 Å². The van der Waals surface area contributed by atoms with Gasteiger partial charge < -0.3 is 15.1 Å². The van der Waals surface area contributed by atoms with Crippen LogP contribution in [0.15, 0.2) is 42.5 Å². The molecule has 4 rings (SSSR count). The number of rotatable bonds is 2. The Hall–Kier alpha value is -2.24. The van der Waals surface area contributed by atoms with Crippen molar-refractivity contribution < 1.29 is 15.0 Å². The van der Waals surface area contributed by atoms with Crippen LogP contribution in [0.5, 0.6) is 0 Å². The van der Waals surface area contributed by atoms with E-state index in [1.54, 1.807) is 18.2 Å². The number of likely N-dealkylation sites (tertiary alicyclic amines) is 1. The Kier molecular flexibility index (Phi) is 4.06. The number of aliphatic hydroxyl groups excluding tert-OH is 2. The topological polar surface area (TPSA) is 73.7 Å². The highest BCUT2D eigenvalue weighted by Gasteiger charge is 2.48. The molecular formula is C20H22N2O3. The number of hydrogen-bond acceptors (Lipinski definition) is 4. The van der Waals surface area contributed by atoms with Crippen LogP contribution >= 0.6 is 0 Å². The Balaban J connectivity index is 1.53. The first-order valence-electron chi connectivity index (χ1n) is 8.76. The molecule has 1 amide bonds. The monoisotopic (exact) mass is 338 g/mol. The lowest BCUT2D eigenvalue weighted by atomic mass is 9.72. The second-order valence-corrected chi connectivity index (χ2v) is 7.00. The Morgan fingerprint density at radius 2 is 1.92 bits per heavy atom. The highest BCUT2D eigenvalue weighted by molar-refractivity contribution is 5.92. The maximum Gasteiger partial charge on any atom is 0.272 e. The van der Waals surface area contributed by atoms with Crippen molar-refractivity contribution in [2.75, 3.05) is 13.1 Å². The molecule has 1 fully saturated rings. The summed E-state index contributed by atoms with van der Waals surface area (Å²) in [6.45, 7) is 1.04. The molecule has 1 spiro atoms. The van der Waals surface area contributed by atoms with Crippen molar-refractivity contribution in [1.82, 2.24) is 9.88 Å². The molecule has 5 heteroatoms. The quantitative estimate of drug-likeness (QED) is 0.873. The molecule has 2 N–H and O–H groups in total. The molecular weight excluding hydrogens is 316 g/mol. The molecule has 0 bridgehead atoms. The summed E-state index contributed by atoms with van der Waals surface area (Å²) >= 11 is 0. The van der Waals surface area contributed by atoms with Crippen molar-refractivity contribution in [2.45, 2.75) is 37.4 Å². The molecule has 130 valence electrons.